The zero-order valence-corrected chi connectivity index (χ0v) is 11.5. The maximum absolute atomic E-state index is 12.1. The molecule has 18 heavy (non-hydrogen) atoms. The molecule has 0 fully saturated rings. The van der Waals surface area contributed by atoms with Crippen LogP contribution in [0.3, 0.4) is 0 Å². The molecule has 2 aromatic carbocycles. The van der Waals surface area contributed by atoms with Crippen molar-refractivity contribution in [3.63, 3.8) is 0 Å². The first-order valence-electron chi connectivity index (χ1n) is 5.53. The Morgan fingerprint density at radius 3 is 2.67 bits per heavy atom. The lowest BCUT2D eigenvalue weighted by Gasteiger charge is -1.98. The van der Waals surface area contributed by atoms with Crippen molar-refractivity contribution in [3.8, 4) is 5.75 Å². The van der Waals surface area contributed by atoms with Gasteiger partial charge in [0.05, 0.1) is 5.56 Å². The Balaban J connectivity index is 1.99. The Kier molecular flexibility index (Phi) is 2.91. The van der Waals surface area contributed by atoms with Crippen LogP contribution in [0.15, 0.2) is 54.3 Å². The van der Waals surface area contributed by atoms with Gasteiger partial charge in [-0.3, -0.25) is 4.79 Å². The highest BCUT2D eigenvalue weighted by molar-refractivity contribution is 14.1. The number of fused-ring (bicyclic) bond motifs is 1. The molecule has 2 nitrogen and oxygen atoms in total. The second kappa shape index (κ2) is 4.57. The molecule has 0 N–H and O–H groups in total. The lowest BCUT2D eigenvalue weighted by Crippen LogP contribution is -1.97. The molecule has 0 atom stereocenters. The Morgan fingerprint density at radius 2 is 1.89 bits per heavy atom. The van der Waals surface area contributed by atoms with Crippen molar-refractivity contribution in [2.24, 2.45) is 0 Å². The summed E-state index contributed by atoms with van der Waals surface area (Å²) in [7, 11) is 0. The predicted molar refractivity (Wildman–Crippen MR) is 78.5 cm³/mol. The number of benzene rings is 2. The first-order chi connectivity index (χ1) is 8.74. The molecule has 0 saturated carbocycles. The molecular formula is C15H9IO2. The summed E-state index contributed by atoms with van der Waals surface area (Å²) in [6, 6.07) is 15.2. The van der Waals surface area contributed by atoms with E-state index in [9.17, 15) is 4.79 Å². The quantitative estimate of drug-likeness (QED) is 0.577. The number of carbonyl (C=O) groups excluding carboxylic acids is 1. The van der Waals surface area contributed by atoms with Crippen LogP contribution < -0.4 is 4.74 Å². The summed E-state index contributed by atoms with van der Waals surface area (Å²) in [5.41, 5.74) is 1.60. The van der Waals surface area contributed by atoms with E-state index in [2.05, 4.69) is 22.6 Å². The first-order valence-corrected chi connectivity index (χ1v) is 6.61. The summed E-state index contributed by atoms with van der Waals surface area (Å²) in [5, 5.41) is 0. The summed E-state index contributed by atoms with van der Waals surface area (Å²) >= 11 is 2.24. The molecule has 0 spiro atoms. The van der Waals surface area contributed by atoms with Gasteiger partial charge in [0, 0.05) is 3.57 Å². The second-order valence-corrected chi connectivity index (χ2v) is 5.24. The summed E-state index contributed by atoms with van der Waals surface area (Å²) in [4.78, 5) is 12.1. The second-order valence-electron chi connectivity index (χ2n) is 3.99. The monoisotopic (exact) mass is 348 g/mol. The molecule has 0 amide bonds. The predicted octanol–water partition coefficient (Wildman–Crippen LogP) is 3.91. The zero-order valence-electron chi connectivity index (χ0n) is 9.39. The Hall–Kier alpha value is -1.62. The summed E-state index contributed by atoms with van der Waals surface area (Å²) in [5.74, 6) is 0.974. The minimum Gasteiger partial charge on any atom is -0.452 e. The molecule has 0 aromatic heterocycles. The van der Waals surface area contributed by atoms with Gasteiger partial charge in [-0.25, -0.2) is 0 Å². The topological polar surface area (TPSA) is 26.3 Å². The van der Waals surface area contributed by atoms with Gasteiger partial charge in [-0.15, -0.1) is 0 Å². The molecule has 1 aliphatic rings. The van der Waals surface area contributed by atoms with Crippen molar-refractivity contribution >= 4 is 34.5 Å². The van der Waals surface area contributed by atoms with Crippen LogP contribution in [0.1, 0.15) is 15.9 Å². The van der Waals surface area contributed by atoms with Crippen molar-refractivity contribution in [1.82, 2.24) is 0 Å². The largest absolute Gasteiger partial charge is 0.452 e. The van der Waals surface area contributed by atoms with Gasteiger partial charge in [0.25, 0.3) is 0 Å². The third-order valence-electron chi connectivity index (χ3n) is 2.72. The standard InChI is InChI=1S/C15H9IO2/c16-11-5-3-4-10(8-11)9-14-15(17)12-6-1-2-7-13(12)18-14/h1-9H/b14-9-. The van der Waals surface area contributed by atoms with Crippen molar-refractivity contribution in [2.75, 3.05) is 0 Å². The van der Waals surface area contributed by atoms with Crippen molar-refractivity contribution in [1.29, 1.82) is 0 Å². The number of para-hydroxylation sites is 1. The van der Waals surface area contributed by atoms with E-state index in [0.29, 0.717) is 17.1 Å². The molecule has 3 heteroatoms. The number of ether oxygens (including phenoxy) is 1. The number of allylic oxidation sites excluding steroid dienone is 1. The molecule has 88 valence electrons. The highest BCUT2D eigenvalue weighted by Gasteiger charge is 2.26. The van der Waals surface area contributed by atoms with Crippen LogP contribution in [0.5, 0.6) is 5.75 Å². The molecule has 2 aromatic rings. The third-order valence-corrected chi connectivity index (χ3v) is 3.39. The van der Waals surface area contributed by atoms with E-state index in [-0.39, 0.29) is 5.78 Å². The number of halogens is 1. The molecule has 3 rings (SSSR count). The van der Waals surface area contributed by atoms with Gasteiger partial charge >= 0.3 is 0 Å². The van der Waals surface area contributed by atoms with Gasteiger partial charge in [-0.2, -0.15) is 0 Å². The Morgan fingerprint density at radius 1 is 1.06 bits per heavy atom. The average Bonchev–Trinajstić information content (AvgIpc) is 2.67. The molecule has 1 heterocycles. The van der Waals surface area contributed by atoms with Crippen LogP contribution in [0.4, 0.5) is 0 Å². The molecular weight excluding hydrogens is 339 g/mol. The average molecular weight is 348 g/mol. The minimum absolute atomic E-state index is 0.0514. The highest BCUT2D eigenvalue weighted by atomic mass is 127. The van der Waals surface area contributed by atoms with E-state index in [0.717, 1.165) is 9.13 Å². The number of hydrogen-bond acceptors (Lipinski definition) is 2. The lowest BCUT2D eigenvalue weighted by molar-refractivity contribution is 0.101. The SMILES string of the molecule is O=C1/C(=C/c2cccc(I)c2)Oc2ccccc21. The number of ketones is 1. The molecule has 0 saturated heterocycles. The van der Waals surface area contributed by atoms with Crippen molar-refractivity contribution in [3.05, 3.63) is 69.0 Å². The zero-order chi connectivity index (χ0) is 12.5. The molecule has 0 radical (unpaired) electrons. The normalized spacial score (nSPS) is 15.6. The van der Waals surface area contributed by atoms with Crippen LogP contribution in [0.2, 0.25) is 0 Å². The van der Waals surface area contributed by atoms with Gasteiger partial charge in [0.1, 0.15) is 5.75 Å². The van der Waals surface area contributed by atoms with E-state index < -0.39 is 0 Å². The molecule has 0 unspecified atom stereocenters. The van der Waals surface area contributed by atoms with Crippen molar-refractivity contribution < 1.29 is 9.53 Å². The van der Waals surface area contributed by atoms with Gasteiger partial charge in [0.2, 0.25) is 5.78 Å². The lowest BCUT2D eigenvalue weighted by atomic mass is 10.1. The number of carbonyl (C=O) groups is 1. The Labute approximate surface area is 118 Å². The number of Topliss-reactive ketones (excluding diaryl/α,β-unsaturated/α-hetero) is 1. The maximum atomic E-state index is 12.1. The van der Waals surface area contributed by atoms with E-state index in [1.807, 2.05) is 42.5 Å². The minimum atomic E-state index is -0.0514. The van der Waals surface area contributed by atoms with E-state index >= 15 is 0 Å². The summed E-state index contributed by atoms with van der Waals surface area (Å²) in [6.07, 6.45) is 1.78. The first kappa shape index (κ1) is 11.5. The highest BCUT2D eigenvalue weighted by Crippen LogP contribution is 2.31. The van der Waals surface area contributed by atoms with Gasteiger partial charge in [-0.05, 0) is 58.5 Å². The fourth-order valence-corrected chi connectivity index (χ4v) is 2.45. The summed E-state index contributed by atoms with van der Waals surface area (Å²) < 4.78 is 6.70. The van der Waals surface area contributed by atoms with Crippen LogP contribution >= 0.6 is 22.6 Å². The summed E-state index contributed by atoms with van der Waals surface area (Å²) in [6.45, 7) is 0. The molecule has 0 bridgehead atoms. The molecule has 0 aliphatic carbocycles. The van der Waals surface area contributed by atoms with Gasteiger partial charge in [0.15, 0.2) is 5.76 Å². The van der Waals surface area contributed by atoms with Crippen LogP contribution in [0.25, 0.3) is 6.08 Å². The van der Waals surface area contributed by atoms with Crippen molar-refractivity contribution in [2.45, 2.75) is 0 Å². The van der Waals surface area contributed by atoms with Gasteiger partial charge < -0.3 is 4.74 Å². The van der Waals surface area contributed by atoms with Crippen LogP contribution in [-0.2, 0) is 0 Å². The fraction of sp³-hybridized carbons (Fsp3) is 0. The number of hydrogen-bond donors (Lipinski definition) is 0. The third kappa shape index (κ3) is 2.06. The van der Waals surface area contributed by atoms with Crippen LogP contribution in [0, 0.1) is 3.57 Å². The maximum Gasteiger partial charge on any atom is 0.231 e. The fourth-order valence-electron chi connectivity index (χ4n) is 1.88. The number of rotatable bonds is 1. The smallest absolute Gasteiger partial charge is 0.231 e. The van der Waals surface area contributed by atoms with E-state index in [1.54, 1.807) is 12.1 Å². The van der Waals surface area contributed by atoms with E-state index in [4.69, 9.17) is 4.74 Å². The van der Waals surface area contributed by atoms with E-state index in [1.165, 1.54) is 0 Å². The Bertz CT molecular complexity index is 659. The van der Waals surface area contributed by atoms with Crippen LogP contribution in [-0.4, -0.2) is 5.78 Å². The van der Waals surface area contributed by atoms with Gasteiger partial charge in [-0.1, -0.05) is 24.3 Å². The molecule has 1 aliphatic heterocycles.